The molecule has 0 aliphatic carbocycles. The number of alkyl halides is 3. The topological polar surface area (TPSA) is 77.5 Å². The van der Waals surface area contributed by atoms with Gasteiger partial charge in [-0.25, -0.2) is 24.1 Å². The van der Waals surface area contributed by atoms with Crippen LogP contribution in [0.5, 0.6) is 0 Å². The van der Waals surface area contributed by atoms with E-state index in [1.165, 1.54) is 17.0 Å². The van der Waals surface area contributed by atoms with Crippen molar-refractivity contribution in [2.24, 2.45) is 5.92 Å². The van der Waals surface area contributed by atoms with E-state index in [-0.39, 0.29) is 25.3 Å². The number of hydrogen-bond acceptors (Lipinski definition) is 6. The number of pyridine rings is 3. The van der Waals surface area contributed by atoms with Crippen molar-refractivity contribution in [2.45, 2.75) is 25.9 Å². The normalized spacial score (nSPS) is 17.8. The van der Waals surface area contributed by atoms with Gasteiger partial charge >= 0.3 is 12.2 Å². The number of aromatic nitrogens is 3. The van der Waals surface area contributed by atoms with Gasteiger partial charge in [-0.3, -0.25) is 10.2 Å². The first-order chi connectivity index (χ1) is 18.2. The maximum Gasteiger partial charge on any atom is 0.393 e. The van der Waals surface area contributed by atoms with Crippen LogP contribution in [-0.4, -0.2) is 59.9 Å². The fourth-order valence-electron chi connectivity index (χ4n) is 4.83. The molecule has 1 atom stereocenters. The Morgan fingerprint density at radius 1 is 1.11 bits per heavy atom. The lowest BCUT2D eigenvalue weighted by Gasteiger charge is -2.25. The molecule has 0 spiro atoms. The van der Waals surface area contributed by atoms with E-state index in [2.05, 4.69) is 20.2 Å². The molecule has 0 radical (unpaired) electrons. The van der Waals surface area contributed by atoms with Gasteiger partial charge in [0, 0.05) is 44.5 Å². The van der Waals surface area contributed by atoms with Crippen molar-refractivity contribution in [3.8, 4) is 11.3 Å². The molecule has 2 amide bonds. The van der Waals surface area contributed by atoms with Crippen LogP contribution < -0.4 is 20.0 Å². The summed E-state index contributed by atoms with van der Waals surface area (Å²) < 4.78 is 52.8. The molecule has 0 saturated carbocycles. The molecule has 5 heterocycles. The highest BCUT2D eigenvalue weighted by atomic mass is 19.4. The zero-order valence-corrected chi connectivity index (χ0v) is 20.7. The number of fused-ring (bicyclic) bond motifs is 1. The Balaban J connectivity index is 1.45. The highest BCUT2D eigenvalue weighted by Gasteiger charge is 2.43. The van der Waals surface area contributed by atoms with Crippen LogP contribution >= 0.6 is 0 Å². The van der Waals surface area contributed by atoms with Gasteiger partial charge in [-0.05, 0) is 56.2 Å². The van der Waals surface area contributed by atoms with E-state index < -0.39 is 23.9 Å². The Bertz CT molecular complexity index is 1300. The van der Waals surface area contributed by atoms with Crippen molar-refractivity contribution < 1.29 is 22.4 Å². The lowest BCUT2D eigenvalue weighted by Crippen LogP contribution is -2.36. The van der Waals surface area contributed by atoms with E-state index in [0.717, 1.165) is 25.0 Å². The summed E-state index contributed by atoms with van der Waals surface area (Å²) in [5, 5.41) is 2.70. The third kappa shape index (κ3) is 5.34. The molecule has 1 saturated heterocycles. The summed E-state index contributed by atoms with van der Waals surface area (Å²) in [5.41, 5.74) is 2.04. The van der Waals surface area contributed by atoms with Crippen LogP contribution in [0, 0.1) is 11.7 Å². The molecule has 3 aromatic heterocycles. The van der Waals surface area contributed by atoms with E-state index in [4.69, 9.17) is 4.98 Å². The number of rotatable bonds is 4. The summed E-state index contributed by atoms with van der Waals surface area (Å²) in [5.74, 6) is -0.752. The number of amides is 2. The molecule has 1 N–H and O–H groups in total. The molecule has 38 heavy (non-hydrogen) atoms. The lowest BCUT2D eigenvalue weighted by atomic mass is 10.1. The predicted octanol–water partition coefficient (Wildman–Crippen LogP) is 5.33. The van der Waals surface area contributed by atoms with Gasteiger partial charge in [0.05, 0.1) is 23.5 Å². The van der Waals surface area contributed by atoms with Gasteiger partial charge in [-0.2, -0.15) is 13.2 Å². The number of hydrogen-bond donors (Lipinski definition) is 1. The van der Waals surface area contributed by atoms with Gasteiger partial charge in [-0.15, -0.1) is 0 Å². The second kappa shape index (κ2) is 10.4. The number of halogens is 4. The standard InChI is InChI=1S/C26H27F4N7O/c1-2-35-11-3-12-37(25(38)34-22-7-4-19(27)15-32-22)24-21(35)6-5-20(33-24)17-8-10-31-23(14-17)36-13-9-18(16-36)26(28,29)30/h4-8,10,14-15,18H,2-3,9,11-13,16H2,1H3,(H,32,34,38). The molecular weight excluding hydrogens is 502 g/mol. The molecule has 12 heteroatoms. The van der Waals surface area contributed by atoms with E-state index in [1.54, 1.807) is 23.2 Å². The number of nitrogens with zero attached hydrogens (tertiary/aromatic N) is 6. The summed E-state index contributed by atoms with van der Waals surface area (Å²) in [4.78, 5) is 31.6. The van der Waals surface area contributed by atoms with E-state index in [1.807, 2.05) is 19.1 Å². The number of nitrogens with one attached hydrogen (secondary N) is 1. The fraction of sp³-hybridized carbons (Fsp3) is 0.385. The van der Waals surface area contributed by atoms with Crippen molar-refractivity contribution in [3.05, 3.63) is 54.6 Å². The van der Waals surface area contributed by atoms with Gasteiger partial charge in [-0.1, -0.05) is 0 Å². The molecule has 2 aliphatic rings. The first kappa shape index (κ1) is 25.7. The molecule has 1 fully saturated rings. The monoisotopic (exact) mass is 529 g/mol. The Kier molecular flexibility index (Phi) is 7.04. The number of urea groups is 1. The van der Waals surface area contributed by atoms with Crippen LogP contribution in [-0.2, 0) is 0 Å². The number of carbonyl (C=O) groups is 1. The lowest BCUT2D eigenvalue weighted by molar-refractivity contribution is -0.168. The van der Waals surface area contributed by atoms with Gasteiger partial charge in [0.2, 0.25) is 0 Å². The molecule has 2 aliphatic heterocycles. The van der Waals surface area contributed by atoms with E-state index >= 15 is 0 Å². The predicted molar refractivity (Wildman–Crippen MR) is 137 cm³/mol. The Morgan fingerprint density at radius 2 is 1.95 bits per heavy atom. The minimum absolute atomic E-state index is 0.0341. The molecule has 3 aromatic rings. The summed E-state index contributed by atoms with van der Waals surface area (Å²) in [6.07, 6.45) is -0.907. The summed E-state index contributed by atoms with van der Waals surface area (Å²) in [7, 11) is 0. The molecular formula is C26H27F4N7O. The van der Waals surface area contributed by atoms with Crippen LogP contribution in [0.25, 0.3) is 11.3 Å². The van der Waals surface area contributed by atoms with Crippen LogP contribution in [0.15, 0.2) is 48.8 Å². The highest BCUT2D eigenvalue weighted by Crippen LogP contribution is 2.37. The fourth-order valence-corrected chi connectivity index (χ4v) is 4.83. The van der Waals surface area contributed by atoms with Crippen molar-refractivity contribution in [2.75, 3.05) is 52.7 Å². The number of anilines is 4. The zero-order chi connectivity index (χ0) is 26.9. The average molecular weight is 530 g/mol. The van der Waals surface area contributed by atoms with Crippen molar-refractivity contribution in [3.63, 3.8) is 0 Å². The van der Waals surface area contributed by atoms with E-state index in [0.29, 0.717) is 35.9 Å². The molecule has 0 bridgehead atoms. The molecule has 5 rings (SSSR count). The first-order valence-corrected chi connectivity index (χ1v) is 12.5. The van der Waals surface area contributed by atoms with Crippen LogP contribution in [0.3, 0.4) is 0 Å². The van der Waals surface area contributed by atoms with Crippen molar-refractivity contribution in [1.29, 1.82) is 0 Å². The Labute approximate surface area is 217 Å². The van der Waals surface area contributed by atoms with Gasteiger partial charge in [0.15, 0.2) is 5.82 Å². The summed E-state index contributed by atoms with van der Waals surface area (Å²) >= 11 is 0. The van der Waals surface area contributed by atoms with Crippen LogP contribution in [0.1, 0.15) is 19.8 Å². The zero-order valence-electron chi connectivity index (χ0n) is 20.7. The van der Waals surface area contributed by atoms with E-state index in [9.17, 15) is 22.4 Å². The molecule has 0 aromatic carbocycles. The third-order valence-electron chi connectivity index (χ3n) is 6.87. The van der Waals surface area contributed by atoms with Gasteiger partial charge < -0.3 is 9.80 Å². The SMILES string of the molecule is CCN1CCCN(C(=O)Nc2ccc(F)cn2)c2nc(-c3ccnc(N4CCC(C(F)(F)F)C4)c3)ccc21. The van der Waals surface area contributed by atoms with Crippen molar-refractivity contribution in [1.82, 2.24) is 15.0 Å². The van der Waals surface area contributed by atoms with Crippen LogP contribution in [0.2, 0.25) is 0 Å². The smallest absolute Gasteiger partial charge is 0.369 e. The second-order valence-corrected chi connectivity index (χ2v) is 9.29. The Hall–Kier alpha value is -3.96. The first-order valence-electron chi connectivity index (χ1n) is 12.5. The summed E-state index contributed by atoms with van der Waals surface area (Å²) in [6, 6.07) is 9.37. The second-order valence-electron chi connectivity index (χ2n) is 9.29. The minimum Gasteiger partial charge on any atom is -0.369 e. The highest BCUT2D eigenvalue weighted by molar-refractivity contribution is 6.03. The van der Waals surface area contributed by atoms with Gasteiger partial charge in [0.25, 0.3) is 0 Å². The Morgan fingerprint density at radius 3 is 2.66 bits per heavy atom. The minimum atomic E-state index is -4.23. The van der Waals surface area contributed by atoms with Crippen molar-refractivity contribution >= 4 is 29.2 Å². The summed E-state index contributed by atoms with van der Waals surface area (Å²) in [6.45, 7) is 4.02. The van der Waals surface area contributed by atoms with Crippen LogP contribution in [0.4, 0.5) is 45.5 Å². The molecule has 8 nitrogen and oxygen atoms in total. The molecule has 1 unspecified atom stereocenters. The number of carbonyl (C=O) groups excluding carboxylic acids is 1. The average Bonchev–Trinajstić information content (AvgIpc) is 3.34. The molecule has 200 valence electrons. The largest absolute Gasteiger partial charge is 0.393 e. The maximum absolute atomic E-state index is 13.3. The maximum atomic E-state index is 13.3. The third-order valence-corrected chi connectivity index (χ3v) is 6.87. The van der Waals surface area contributed by atoms with Gasteiger partial charge in [0.1, 0.15) is 17.5 Å². The quantitative estimate of drug-likeness (QED) is 0.460.